The number of rotatable bonds is 7. The average molecular weight is 253 g/mol. The van der Waals surface area contributed by atoms with E-state index in [1.807, 2.05) is 0 Å². The van der Waals surface area contributed by atoms with Crippen molar-refractivity contribution < 1.29 is 0 Å². The highest BCUT2D eigenvalue weighted by molar-refractivity contribution is 4.97. The molecule has 0 saturated carbocycles. The van der Waals surface area contributed by atoms with Gasteiger partial charge in [0, 0.05) is 44.8 Å². The van der Waals surface area contributed by atoms with Crippen LogP contribution in [0, 0.1) is 5.92 Å². The molecule has 0 radical (unpaired) electrons. The molecule has 3 nitrogen and oxygen atoms in total. The van der Waals surface area contributed by atoms with Gasteiger partial charge in [-0.2, -0.15) is 0 Å². The van der Waals surface area contributed by atoms with Crippen LogP contribution < -0.4 is 5.32 Å². The van der Waals surface area contributed by atoms with E-state index >= 15 is 0 Å². The van der Waals surface area contributed by atoms with Gasteiger partial charge in [-0.25, -0.2) is 0 Å². The zero-order valence-electron chi connectivity index (χ0n) is 12.5. The number of piperazine rings is 3. The third-order valence-corrected chi connectivity index (χ3v) is 4.92. The van der Waals surface area contributed by atoms with Crippen LogP contribution in [0.25, 0.3) is 0 Å². The second kappa shape index (κ2) is 6.88. The Morgan fingerprint density at radius 3 is 2.17 bits per heavy atom. The van der Waals surface area contributed by atoms with Crippen molar-refractivity contribution in [1.29, 1.82) is 0 Å². The Kier molecular flexibility index (Phi) is 5.46. The van der Waals surface area contributed by atoms with Gasteiger partial charge in [0.15, 0.2) is 0 Å². The van der Waals surface area contributed by atoms with Crippen molar-refractivity contribution in [2.24, 2.45) is 5.92 Å². The summed E-state index contributed by atoms with van der Waals surface area (Å²) in [6.45, 7) is 14.6. The Bertz CT molecular complexity index is 232. The van der Waals surface area contributed by atoms with Crippen LogP contribution >= 0.6 is 0 Å². The van der Waals surface area contributed by atoms with Crippen molar-refractivity contribution >= 4 is 0 Å². The van der Waals surface area contributed by atoms with Gasteiger partial charge in [0.05, 0.1) is 0 Å². The van der Waals surface area contributed by atoms with Crippen molar-refractivity contribution in [1.82, 2.24) is 15.1 Å². The second-order valence-corrected chi connectivity index (χ2v) is 5.96. The van der Waals surface area contributed by atoms with Gasteiger partial charge in [0.2, 0.25) is 0 Å². The fourth-order valence-corrected chi connectivity index (χ4v) is 3.72. The molecule has 3 rings (SSSR count). The van der Waals surface area contributed by atoms with Crippen molar-refractivity contribution in [3.05, 3.63) is 0 Å². The van der Waals surface area contributed by atoms with Crippen LogP contribution in [-0.4, -0.2) is 61.2 Å². The Morgan fingerprint density at radius 1 is 1.06 bits per heavy atom. The predicted octanol–water partition coefficient (Wildman–Crippen LogP) is 1.79. The molecule has 0 aromatic rings. The summed E-state index contributed by atoms with van der Waals surface area (Å²) in [7, 11) is 0. The molecule has 0 aliphatic carbocycles. The highest BCUT2D eigenvalue weighted by Crippen LogP contribution is 2.25. The number of nitrogens with zero attached hydrogens (tertiary/aromatic N) is 2. The summed E-state index contributed by atoms with van der Waals surface area (Å²) in [5, 5.41) is 3.86. The molecule has 3 heterocycles. The number of nitrogens with one attached hydrogen (secondary N) is 1. The molecule has 3 saturated heterocycles. The van der Waals surface area contributed by atoms with Gasteiger partial charge in [-0.3, -0.25) is 9.80 Å². The van der Waals surface area contributed by atoms with E-state index in [1.54, 1.807) is 0 Å². The molecule has 2 atom stereocenters. The van der Waals surface area contributed by atoms with Gasteiger partial charge < -0.3 is 5.32 Å². The maximum absolute atomic E-state index is 3.86. The van der Waals surface area contributed by atoms with Crippen LogP contribution in [0.1, 0.15) is 40.0 Å². The standard InChI is InChI=1S/C15H31N3/c1-4-7-16-15(13(5-2)6-3)14-12-17-8-10-18(14)11-9-17/h13-16H,4-12H2,1-3H3. The minimum absolute atomic E-state index is 0.697. The Balaban J connectivity index is 2.02. The van der Waals surface area contributed by atoms with Crippen LogP contribution in [-0.2, 0) is 0 Å². The molecule has 3 aliphatic rings. The van der Waals surface area contributed by atoms with Crippen molar-refractivity contribution in [3.8, 4) is 0 Å². The number of hydrogen-bond donors (Lipinski definition) is 1. The molecular formula is C15H31N3. The fourth-order valence-electron chi connectivity index (χ4n) is 3.72. The molecule has 0 aromatic carbocycles. The van der Waals surface area contributed by atoms with Crippen molar-refractivity contribution in [2.45, 2.75) is 52.1 Å². The summed E-state index contributed by atoms with van der Waals surface area (Å²) in [4.78, 5) is 5.40. The van der Waals surface area contributed by atoms with E-state index in [0.29, 0.717) is 6.04 Å². The van der Waals surface area contributed by atoms with Crippen LogP contribution in [0.2, 0.25) is 0 Å². The van der Waals surface area contributed by atoms with Gasteiger partial charge in [-0.1, -0.05) is 33.6 Å². The van der Waals surface area contributed by atoms with Gasteiger partial charge >= 0.3 is 0 Å². The monoisotopic (exact) mass is 253 g/mol. The number of hydrogen-bond acceptors (Lipinski definition) is 3. The Morgan fingerprint density at radius 2 is 1.72 bits per heavy atom. The smallest absolute Gasteiger partial charge is 0.0380 e. The molecule has 3 fully saturated rings. The first-order valence-corrected chi connectivity index (χ1v) is 7.99. The average Bonchev–Trinajstić information content (AvgIpc) is 2.44. The molecule has 0 aromatic heterocycles. The molecule has 0 spiro atoms. The molecule has 2 bridgehead atoms. The molecule has 1 N–H and O–H groups in total. The Labute approximate surface area is 113 Å². The molecular weight excluding hydrogens is 222 g/mol. The normalized spacial score (nSPS) is 33.0. The first kappa shape index (κ1) is 14.3. The zero-order valence-corrected chi connectivity index (χ0v) is 12.5. The second-order valence-electron chi connectivity index (χ2n) is 5.96. The molecule has 0 amide bonds. The highest BCUT2D eigenvalue weighted by atomic mass is 15.4. The van der Waals surface area contributed by atoms with E-state index in [9.17, 15) is 0 Å². The largest absolute Gasteiger partial charge is 0.312 e. The maximum Gasteiger partial charge on any atom is 0.0380 e. The molecule has 3 aliphatic heterocycles. The Hall–Kier alpha value is -0.120. The minimum Gasteiger partial charge on any atom is -0.312 e. The fraction of sp³-hybridized carbons (Fsp3) is 1.00. The SMILES string of the molecule is CCCNC(C(CC)CC)C1CN2CCN1CC2. The topological polar surface area (TPSA) is 18.5 Å². The van der Waals surface area contributed by atoms with Crippen LogP contribution in [0.4, 0.5) is 0 Å². The van der Waals surface area contributed by atoms with Gasteiger partial charge in [-0.15, -0.1) is 0 Å². The van der Waals surface area contributed by atoms with E-state index in [0.717, 1.165) is 12.0 Å². The third-order valence-electron chi connectivity index (χ3n) is 4.92. The summed E-state index contributed by atoms with van der Waals surface area (Å²) in [6, 6.07) is 1.45. The van der Waals surface area contributed by atoms with Gasteiger partial charge in [0.1, 0.15) is 0 Å². The summed E-state index contributed by atoms with van der Waals surface area (Å²) in [5.41, 5.74) is 0. The van der Waals surface area contributed by atoms with Crippen molar-refractivity contribution in [3.63, 3.8) is 0 Å². The summed E-state index contributed by atoms with van der Waals surface area (Å²) in [5.74, 6) is 0.835. The van der Waals surface area contributed by atoms with Gasteiger partial charge in [0.25, 0.3) is 0 Å². The lowest BCUT2D eigenvalue weighted by Crippen LogP contribution is -2.67. The summed E-state index contributed by atoms with van der Waals surface area (Å²) >= 11 is 0. The van der Waals surface area contributed by atoms with E-state index in [1.165, 1.54) is 58.5 Å². The minimum atomic E-state index is 0.697. The predicted molar refractivity (Wildman–Crippen MR) is 78.0 cm³/mol. The van der Waals surface area contributed by atoms with E-state index in [2.05, 4.69) is 35.9 Å². The number of fused-ring (bicyclic) bond motifs is 3. The van der Waals surface area contributed by atoms with Gasteiger partial charge in [-0.05, 0) is 18.9 Å². The van der Waals surface area contributed by atoms with E-state index in [4.69, 9.17) is 0 Å². The lowest BCUT2D eigenvalue weighted by Gasteiger charge is -2.51. The summed E-state index contributed by atoms with van der Waals surface area (Å²) in [6.07, 6.45) is 3.86. The highest BCUT2D eigenvalue weighted by Gasteiger charge is 2.38. The third kappa shape index (κ3) is 3.06. The molecule has 3 heteroatoms. The molecule has 18 heavy (non-hydrogen) atoms. The quantitative estimate of drug-likeness (QED) is 0.746. The maximum atomic E-state index is 3.86. The van der Waals surface area contributed by atoms with Crippen LogP contribution in [0.3, 0.4) is 0 Å². The molecule has 2 unspecified atom stereocenters. The lowest BCUT2D eigenvalue weighted by atomic mass is 9.86. The first-order chi connectivity index (χ1) is 8.80. The molecule has 106 valence electrons. The van der Waals surface area contributed by atoms with Crippen LogP contribution in [0.15, 0.2) is 0 Å². The van der Waals surface area contributed by atoms with E-state index < -0.39 is 0 Å². The van der Waals surface area contributed by atoms with Crippen molar-refractivity contribution in [2.75, 3.05) is 39.3 Å². The van der Waals surface area contributed by atoms with Crippen LogP contribution in [0.5, 0.6) is 0 Å². The zero-order chi connectivity index (χ0) is 13.0. The van der Waals surface area contributed by atoms with E-state index in [-0.39, 0.29) is 0 Å². The lowest BCUT2D eigenvalue weighted by molar-refractivity contribution is -0.0139. The first-order valence-electron chi connectivity index (χ1n) is 7.99. The summed E-state index contributed by atoms with van der Waals surface area (Å²) < 4.78 is 0.